The molecule has 0 saturated heterocycles. The number of carbonyl (C=O) groups excluding carboxylic acids is 1. The van der Waals surface area contributed by atoms with Crippen molar-refractivity contribution in [2.45, 2.75) is 6.18 Å². The average Bonchev–Trinajstić information content (AvgIpc) is 2.99. The van der Waals surface area contributed by atoms with Gasteiger partial charge in [0.2, 0.25) is 0 Å². The minimum Gasteiger partial charge on any atom is -0.279 e. The van der Waals surface area contributed by atoms with E-state index in [0.717, 1.165) is 10.4 Å². The third kappa shape index (κ3) is 3.70. The van der Waals surface area contributed by atoms with Crippen LogP contribution in [0, 0.1) is 0 Å². The Morgan fingerprint density at radius 1 is 1.22 bits per heavy atom. The van der Waals surface area contributed by atoms with Crippen LogP contribution >= 0.6 is 11.3 Å². The summed E-state index contributed by atoms with van der Waals surface area (Å²) in [6.07, 6.45) is -4.46. The summed E-state index contributed by atoms with van der Waals surface area (Å²) in [5.74, 6) is -0.433. The number of nitrogens with one attached hydrogen (secondary N) is 1. The molecule has 1 amide bonds. The van der Waals surface area contributed by atoms with Crippen molar-refractivity contribution in [3.8, 4) is 10.4 Å². The summed E-state index contributed by atoms with van der Waals surface area (Å²) in [5.41, 5.74) is 4.14. The number of amides is 1. The molecular weight excluding hydrogens is 327 g/mol. The van der Waals surface area contributed by atoms with Gasteiger partial charge in [0.25, 0.3) is 5.91 Å². The third-order valence-electron chi connectivity index (χ3n) is 3.18. The van der Waals surface area contributed by atoms with Crippen LogP contribution in [-0.4, -0.2) is 36.0 Å². The van der Waals surface area contributed by atoms with Crippen LogP contribution in [0.15, 0.2) is 46.8 Å². The van der Waals surface area contributed by atoms with Crippen molar-refractivity contribution >= 4 is 23.1 Å². The SMILES string of the molecule is O=C1CN=C(c2csc(-c3ccccc3)c2)NN1CC(F)(F)F. The van der Waals surface area contributed by atoms with Crippen LogP contribution in [-0.2, 0) is 4.79 Å². The van der Waals surface area contributed by atoms with Gasteiger partial charge in [-0.1, -0.05) is 30.3 Å². The summed E-state index contributed by atoms with van der Waals surface area (Å²) in [6.45, 7) is -1.64. The van der Waals surface area contributed by atoms with Crippen molar-refractivity contribution in [1.82, 2.24) is 10.4 Å². The highest BCUT2D eigenvalue weighted by atomic mass is 32.1. The van der Waals surface area contributed by atoms with Gasteiger partial charge in [-0.3, -0.25) is 15.2 Å². The second-order valence-electron chi connectivity index (χ2n) is 4.94. The highest BCUT2D eigenvalue weighted by Crippen LogP contribution is 2.27. The van der Waals surface area contributed by atoms with E-state index in [1.165, 1.54) is 11.3 Å². The lowest BCUT2D eigenvalue weighted by Gasteiger charge is -2.28. The van der Waals surface area contributed by atoms with E-state index in [9.17, 15) is 18.0 Å². The van der Waals surface area contributed by atoms with E-state index in [0.29, 0.717) is 10.6 Å². The maximum Gasteiger partial charge on any atom is 0.408 e. The molecule has 0 saturated carbocycles. The van der Waals surface area contributed by atoms with Gasteiger partial charge in [0.05, 0.1) is 0 Å². The standard InChI is InChI=1S/C15H12F3N3OS/c16-15(17,18)9-21-13(22)7-19-14(20-21)11-6-12(23-8-11)10-4-2-1-3-5-10/h1-6,8H,7,9H2,(H,19,20). The molecule has 1 aromatic carbocycles. The zero-order chi connectivity index (χ0) is 16.4. The van der Waals surface area contributed by atoms with Gasteiger partial charge in [-0.05, 0) is 11.6 Å². The number of halogens is 3. The van der Waals surface area contributed by atoms with Crippen LogP contribution in [0.3, 0.4) is 0 Å². The summed E-state index contributed by atoms with van der Waals surface area (Å²) in [4.78, 5) is 16.5. The van der Waals surface area contributed by atoms with E-state index >= 15 is 0 Å². The van der Waals surface area contributed by atoms with Gasteiger partial charge in [0.15, 0.2) is 0 Å². The zero-order valence-corrected chi connectivity index (χ0v) is 12.6. The quantitative estimate of drug-likeness (QED) is 0.934. The molecule has 1 aromatic heterocycles. The molecule has 4 nitrogen and oxygen atoms in total. The van der Waals surface area contributed by atoms with Crippen LogP contribution in [0.25, 0.3) is 10.4 Å². The molecule has 0 spiro atoms. The number of aliphatic imine (C=N–C) groups is 1. The number of hydrazine groups is 1. The minimum atomic E-state index is -4.46. The smallest absolute Gasteiger partial charge is 0.279 e. The molecule has 0 fully saturated rings. The molecule has 0 unspecified atom stereocenters. The zero-order valence-electron chi connectivity index (χ0n) is 11.8. The number of hydrogen-bond donors (Lipinski definition) is 1. The number of amidine groups is 1. The fourth-order valence-corrected chi connectivity index (χ4v) is 3.04. The Balaban J connectivity index is 1.80. The molecule has 1 aliphatic rings. The molecule has 0 aliphatic carbocycles. The van der Waals surface area contributed by atoms with Crippen LogP contribution in [0.5, 0.6) is 0 Å². The lowest BCUT2D eigenvalue weighted by molar-refractivity contribution is -0.164. The minimum absolute atomic E-state index is 0.271. The largest absolute Gasteiger partial charge is 0.408 e. The Hall–Kier alpha value is -2.35. The predicted molar refractivity (Wildman–Crippen MR) is 82.1 cm³/mol. The third-order valence-corrected chi connectivity index (χ3v) is 4.16. The second-order valence-corrected chi connectivity index (χ2v) is 5.85. The fraction of sp³-hybridized carbons (Fsp3) is 0.200. The molecule has 1 N–H and O–H groups in total. The van der Waals surface area contributed by atoms with E-state index in [1.807, 2.05) is 36.4 Å². The first-order valence-corrected chi connectivity index (χ1v) is 7.63. The molecule has 0 bridgehead atoms. The van der Waals surface area contributed by atoms with Gasteiger partial charge in [0.1, 0.15) is 18.9 Å². The summed E-state index contributed by atoms with van der Waals surface area (Å²) >= 11 is 1.46. The maximum absolute atomic E-state index is 12.5. The normalized spacial score (nSPS) is 15.3. The number of rotatable bonds is 3. The Morgan fingerprint density at radius 3 is 2.65 bits per heavy atom. The molecule has 2 heterocycles. The number of carbonyl (C=O) groups is 1. The Kier molecular flexibility index (Phi) is 4.08. The average molecular weight is 339 g/mol. The first kappa shape index (κ1) is 15.5. The molecule has 2 aromatic rings. The van der Waals surface area contributed by atoms with Crippen LogP contribution in [0.2, 0.25) is 0 Å². The Bertz CT molecular complexity index is 740. The fourth-order valence-electron chi connectivity index (χ4n) is 2.13. The first-order valence-electron chi connectivity index (χ1n) is 6.75. The maximum atomic E-state index is 12.5. The van der Waals surface area contributed by atoms with Gasteiger partial charge >= 0.3 is 6.18 Å². The van der Waals surface area contributed by atoms with Gasteiger partial charge < -0.3 is 0 Å². The molecule has 8 heteroatoms. The van der Waals surface area contributed by atoms with Crippen molar-refractivity contribution in [2.24, 2.45) is 4.99 Å². The Morgan fingerprint density at radius 2 is 1.96 bits per heavy atom. The second kappa shape index (κ2) is 6.04. The van der Waals surface area contributed by atoms with Crippen LogP contribution < -0.4 is 5.43 Å². The van der Waals surface area contributed by atoms with E-state index in [2.05, 4.69) is 10.4 Å². The van der Waals surface area contributed by atoms with Gasteiger partial charge in [-0.25, -0.2) is 5.01 Å². The lowest BCUT2D eigenvalue weighted by Crippen LogP contribution is -2.54. The predicted octanol–water partition coefficient (Wildman–Crippen LogP) is 3.07. The summed E-state index contributed by atoms with van der Waals surface area (Å²) in [6, 6.07) is 11.5. The molecule has 3 rings (SSSR count). The van der Waals surface area contributed by atoms with E-state index in [4.69, 9.17) is 0 Å². The van der Waals surface area contributed by atoms with Crippen molar-refractivity contribution < 1.29 is 18.0 Å². The van der Waals surface area contributed by atoms with Crippen molar-refractivity contribution in [2.75, 3.05) is 13.1 Å². The van der Waals surface area contributed by atoms with Crippen molar-refractivity contribution in [1.29, 1.82) is 0 Å². The Labute approximate surface area is 134 Å². The molecule has 0 atom stereocenters. The van der Waals surface area contributed by atoms with E-state index in [-0.39, 0.29) is 12.4 Å². The monoisotopic (exact) mass is 339 g/mol. The molecule has 120 valence electrons. The summed E-state index contributed by atoms with van der Waals surface area (Å²) in [5, 5.41) is 2.36. The number of benzene rings is 1. The van der Waals surface area contributed by atoms with Gasteiger partial charge in [0, 0.05) is 15.8 Å². The topological polar surface area (TPSA) is 44.7 Å². The van der Waals surface area contributed by atoms with Gasteiger partial charge in [-0.15, -0.1) is 11.3 Å². The van der Waals surface area contributed by atoms with Crippen molar-refractivity contribution in [3.63, 3.8) is 0 Å². The first-order chi connectivity index (χ1) is 10.9. The molecule has 0 radical (unpaired) electrons. The number of alkyl halides is 3. The highest BCUT2D eigenvalue weighted by molar-refractivity contribution is 7.13. The number of thiophene rings is 1. The molecular formula is C15H12F3N3OS. The highest BCUT2D eigenvalue weighted by Gasteiger charge is 2.35. The molecule has 1 aliphatic heterocycles. The number of hydrogen-bond acceptors (Lipinski definition) is 4. The van der Waals surface area contributed by atoms with Gasteiger partial charge in [-0.2, -0.15) is 13.2 Å². The summed E-state index contributed by atoms with van der Waals surface area (Å²) in [7, 11) is 0. The summed E-state index contributed by atoms with van der Waals surface area (Å²) < 4.78 is 37.5. The lowest BCUT2D eigenvalue weighted by atomic mass is 10.1. The molecule has 23 heavy (non-hydrogen) atoms. The van der Waals surface area contributed by atoms with Crippen LogP contribution in [0.1, 0.15) is 5.56 Å². The van der Waals surface area contributed by atoms with Crippen molar-refractivity contribution in [3.05, 3.63) is 47.3 Å². The van der Waals surface area contributed by atoms with E-state index < -0.39 is 18.6 Å². The van der Waals surface area contributed by atoms with E-state index in [1.54, 1.807) is 5.38 Å². The van der Waals surface area contributed by atoms with Crippen LogP contribution in [0.4, 0.5) is 13.2 Å². The number of nitrogens with zero attached hydrogens (tertiary/aromatic N) is 2.